The molecule has 0 aliphatic carbocycles. The summed E-state index contributed by atoms with van der Waals surface area (Å²) in [6, 6.07) is 10.3. The molecule has 2 rings (SSSR count). The van der Waals surface area contributed by atoms with Gasteiger partial charge in [-0.25, -0.2) is 4.39 Å². The summed E-state index contributed by atoms with van der Waals surface area (Å²) in [7, 11) is 1.61. The quantitative estimate of drug-likeness (QED) is 0.568. The van der Waals surface area contributed by atoms with Crippen molar-refractivity contribution in [1.29, 1.82) is 0 Å². The van der Waals surface area contributed by atoms with Crippen LogP contribution < -0.4 is 16.0 Å². The van der Waals surface area contributed by atoms with Gasteiger partial charge in [0, 0.05) is 14.5 Å². The Kier molecular flexibility index (Phi) is 5.75. The van der Waals surface area contributed by atoms with E-state index in [9.17, 15) is 4.39 Å². The second-order valence-electron chi connectivity index (χ2n) is 4.59. The molecule has 0 aliphatic rings. The lowest BCUT2D eigenvalue weighted by Gasteiger charge is -2.19. The van der Waals surface area contributed by atoms with Gasteiger partial charge < -0.3 is 4.74 Å². The van der Waals surface area contributed by atoms with Crippen LogP contribution >= 0.6 is 31.9 Å². The number of ether oxygens (including phenoxy) is 1. The molecule has 0 amide bonds. The van der Waals surface area contributed by atoms with Gasteiger partial charge in [-0.1, -0.05) is 37.9 Å². The molecule has 0 saturated heterocycles. The summed E-state index contributed by atoms with van der Waals surface area (Å²) in [5.41, 5.74) is 4.53. The summed E-state index contributed by atoms with van der Waals surface area (Å²) in [6.45, 7) is 0. The highest BCUT2D eigenvalue weighted by molar-refractivity contribution is 9.10. The van der Waals surface area contributed by atoms with Crippen LogP contribution in [0.5, 0.6) is 5.75 Å². The van der Waals surface area contributed by atoms with E-state index in [0.717, 1.165) is 21.3 Å². The van der Waals surface area contributed by atoms with Gasteiger partial charge in [0.05, 0.1) is 13.2 Å². The molecule has 3 N–H and O–H groups in total. The highest BCUT2D eigenvalue weighted by Gasteiger charge is 2.16. The third kappa shape index (κ3) is 4.26. The lowest BCUT2D eigenvalue weighted by Crippen LogP contribution is -2.30. The van der Waals surface area contributed by atoms with Gasteiger partial charge in [0.1, 0.15) is 11.6 Å². The summed E-state index contributed by atoms with van der Waals surface area (Å²) in [6.07, 6.45) is 0.546. The summed E-state index contributed by atoms with van der Waals surface area (Å²) < 4.78 is 20.5. The Balaban J connectivity index is 2.31. The van der Waals surface area contributed by atoms with Gasteiger partial charge in [-0.3, -0.25) is 11.3 Å². The Morgan fingerprint density at radius 2 is 1.95 bits per heavy atom. The molecule has 112 valence electrons. The molecular formula is C15H15Br2FN2O. The van der Waals surface area contributed by atoms with E-state index in [-0.39, 0.29) is 11.9 Å². The van der Waals surface area contributed by atoms with Gasteiger partial charge in [-0.2, -0.15) is 0 Å². The molecule has 0 aromatic heterocycles. The highest BCUT2D eigenvalue weighted by atomic mass is 79.9. The van der Waals surface area contributed by atoms with Crippen molar-refractivity contribution in [1.82, 2.24) is 5.43 Å². The van der Waals surface area contributed by atoms with Gasteiger partial charge in [-0.05, 0) is 42.3 Å². The van der Waals surface area contributed by atoms with Crippen LogP contribution in [-0.4, -0.2) is 7.11 Å². The fraction of sp³-hybridized carbons (Fsp3) is 0.200. The van der Waals surface area contributed by atoms with Crippen LogP contribution in [0.15, 0.2) is 45.3 Å². The minimum atomic E-state index is -0.280. The van der Waals surface area contributed by atoms with Crippen molar-refractivity contribution in [2.45, 2.75) is 12.5 Å². The largest absolute Gasteiger partial charge is 0.496 e. The molecule has 0 heterocycles. The van der Waals surface area contributed by atoms with Gasteiger partial charge in [-0.15, -0.1) is 0 Å². The number of hydrogen-bond acceptors (Lipinski definition) is 3. The van der Waals surface area contributed by atoms with Crippen molar-refractivity contribution in [2.24, 2.45) is 5.84 Å². The number of hydrogen-bond donors (Lipinski definition) is 2. The van der Waals surface area contributed by atoms with Crippen LogP contribution in [0.3, 0.4) is 0 Å². The molecule has 6 heteroatoms. The molecule has 0 aliphatic heterocycles. The van der Waals surface area contributed by atoms with Crippen LogP contribution in [0.2, 0.25) is 0 Å². The standard InChI is InChI=1S/C15H15Br2FN2O/c1-21-15-8-10(16)2-3-13(15)14(20-19)6-9-4-11(17)7-12(18)5-9/h2-5,7-8,14,20H,6,19H2,1H3. The van der Waals surface area contributed by atoms with Crippen molar-refractivity contribution in [3.05, 3.63) is 62.3 Å². The zero-order chi connectivity index (χ0) is 15.4. The number of benzene rings is 2. The van der Waals surface area contributed by atoms with E-state index < -0.39 is 0 Å². The topological polar surface area (TPSA) is 47.3 Å². The van der Waals surface area contributed by atoms with Crippen molar-refractivity contribution < 1.29 is 9.13 Å². The van der Waals surface area contributed by atoms with Gasteiger partial charge >= 0.3 is 0 Å². The van der Waals surface area contributed by atoms with Crippen LogP contribution in [0.25, 0.3) is 0 Å². The first-order valence-corrected chi connectivity index (χ1v) is 7.86. The van der Waals surface area contributed by atoms with E-state index in [4.69, 9.17) is 10.6 Å². The minimum Gasteiger partial charge on any atom is -0.496 e. The Labute approximate surface area is 139 Å². The first-order chi connectivity index (χ1) is 10.0. The molecule has 0 saturated carbocycles. The number of halogens is 3. The van der Waals surface area contributed by atoms with Crippen molar-refractivity contribution >= 4 is 31.9 Å². The maximum atomic E-state index is 13.5. The predicted molar refractivity (Wildman–Crippen MR) is 88.6 cm³/mol. The summed E-state index contributed by atoms with van der Waals surface area (Å²) in [5.74, 6) is 6.11. The van der Waals surface area contributed by atoms with E-state index >= 15 is 0 Å². The first-order valence-electron chi connectivity index (χ1n) is 6.28. The summed E-state index contributed by atoms with van der Waals surface area (Å²) >= 11 is 6.70. The maximum Gasteiger partial charge on any atom is 0.124 e. The Morgan fingerprint density at radius 3 is 2.57 bits per heavy atom. The average Bonchev–Trinajstić information content (AvgIpc) is 2.44. The van der Waals surface area contributed by atoms with Crippen LogP contribution in [0, 0.1) is 5.82 Å². The number of nitrogens with one attached hydrogen (secondary N) is 1. The zero-order valence-electron chi connectivity index (χ0n) is 11.4. The van der Waals surface area contributed by atoms with Crippen molar-refractivity contribution in [3.8, 4) is 5.75 Å². The lowest BCUT2D eigenvalue weighted by molar-refractivity contribution is 0.398. The number of nitrogens with two attached hydrogens (primary N) is 1. The molecule has 0 fully saturated rings. The van der Waals surface area contributed by atoms with E-state index in [2.05, 4.69) is 37.3 Å². The molecule has 2 aromatic rings. The molecule has 0 spiro atoms. The monoisotopic (exact) mass is 416 g/mol. The summed E-state index contributed by atoms with van der Waals surface area (Å²) in [4.78, 5) is 0. The Bertz CT molecular complexity index is 617. The number of methoxy groups -OCH3 is 1. The first kappa shape index (κ1) is 16.4. The van der Waals surface area contributed by atoms with Gasteiger partial charge in [0.25, 0.3) is 0 Å². The number of rotatable bonds is 5. The Hall–Kier alpha value is -0.950. The molecule has 1 atom stereocenters. The normalized spacial score (nSPS) is 12.2. The van der Waals surface area contributed by atoms with Gasteiger partial charge in [0.2, 0.25) is 0 Å². The summed E-state index contributed by atoms with van der Waals surface area (Å²) in [5, 5.41) is 0. The van der Waals surface area contributed by atoms with E-state index in [1.807, 2.05) is 24.3 Å². The number of hydrazine groups is 1. The fourth-order valence-electron chi connectivity index (χ4n) is 2.20. The van der Waals surface area contributed by atoms with Crippen molar-refractivity contribution in [3.63, 3.8) is 0 Å². The minimum absolute atomic E-state index is 0.179. The molecule has 3 nitrogen and oxygen atoms in total. The van der Waals surface area contributed by atoms with E-state index in [1.54, 1.807) is 7.11 Å². The van der Waals surface area contributed by atoms with Crippen molar-refractivity contribution in [2.75, 3.05) is 7.11 Å². The smallest absolute Gasteiger partial charge is 0.124 e. The highest BCUT2D eigenvalue weighted by Crippen LogP contribution is 2.30. The second-order valence-corrected chi connectivity index (χ2v) is 6.42. The Morgan fingerprint density at radius 1 is 1.19 bits per heavy atom. The SMILES string of the molecule is COc1cc(Br)ccc1C(Cc1cc(F)cc(Br)c1)NN. The van der Waals surface area contributed by atoms with Crippen LogP contribution in [0.1, 0.15) is 17.2 Å². The van der Waals surface area contributed by atoms with Crippen LogP contribution in [0.4, 0.5) is 4.39 Å². The second kappa shape index (κ2) is 7.35. The molecule has 0 radical (unpaired) electrons. The van der Waals surface area contributed by atoms with E-state index in [1.165, 1.54) is 12.1 Å². The third-order valence-corrected chi connectivity index (χ3v) is 4.09. The molecule has 21 heavy (non-hydrogen) atoms. The lowest BCUT2D eigenvalue weighted by atomic mass is 9.98. The molecule has 1 unspecified atom stereocenters. The van der Waals surface area contributed by atoms with Crippen LogP contribution in [-0.2, 0) is 6.42 Å². The van der Waals surface area contributed by atoms with E-state index in [0.29, 0.717) is 10.9 Å². The zero-order valence-corrected chi connectivity index (χ0v) is 14.5. The molecule has 2 aromatic carbocycles. The fourth-order valence-corrected chi connectivity index (χ4v) is 3.05. The maximum absolute atomic E-state index is 13.5. The molecule has 0 bridgehead atoms. The molecular weight excluding hydrogens is 403 g/mol. The average molecular weight is 418 g/mol. The predicted octanol–water partition coefficient (Wildman–Crippen LogP) is 4.11. The third-order valence-electron chi connectivity index (χ3n) is 3.13. The van der Waals surface area contributed by atoms with Gasteiger partial charge in [0.15, 0.2) is 0 Å².